The van der Waals surface area contributed by atoms with Gasteiger partial charge in [0.1, 0.15) is 0 Å². The predicted molar refractivity (Wildman–Crippen MR) is 111 cm³/mol. The molecular weight excluding hydrogens is 406 g/mol. The van der Waals surface area contributed by atoms with Gasteiger partial charge in [-0.1, -0.05) is 35.9 Å². The van der Waals surface area contributed by atoms with Crippen LogP contribution in [0.15, 0.2) is 42.5 Å². The fourth-order valence-corrected chi connectivity index (χ4v) is 4.29. The number of ketones is 1. The van der Waals surface area contributed by atoms with Gasteiger partial charge in [0, 0.05) is 29.9 Å². The van der Waals surface area contributed by atoms with Crippen molar-refractivity contribution in [3.05, 3.63) is 59.2 Å². The van der Waals surface area contributed by atoms with E-state index in [-0.39, 0.29) is 30.0 Å². The molecule has 0 fully saturated rings. The Labute approximate surface area is 178 Å². The van der Waals surface area contributed by atoms with Gasteiger partial charge < -0.3 is 24.7 Å². The van der Waals surface area contributed by atoms with Crippen molar-refractivity contribution in [1.82, 2.24) is 5.32 Å². The van der Waals surface area contributed by atoms with Crippen LogP contribution in [0.4, 0.5) is 0 Å². The van der Waals surface area contributed by atoms with Crippen molar-refractivity contribution >= 4 is 29.4 Å². The number of Topliss-reactive ketones (excluding diaryl/α,β-unsaturated/α-hetero) is 1. The topological polar surface area (TPSA) is 105 Å². The van der Waals surface area contributed by atoms with E-state index in [9.17, 15) is 19.5 Å². The molecule has 1 N–H and O–H groups in total. The van der Waals surface area contributed by atoms with Crippen molar-refractivity contribution in [1.29, 1.82) is 0 Å². The number of carboxylic acids is 1. The van der Waals surface area contributed by atoms with Gasteiger partial charge >= 0.3 is 0 Å². The standard InChI is InChI=1S/C22H23NO6S/c1-13-3-5-15(6-4-13)18(25)10-21(30-11-17(22(26)27)23-14(2)24)16-7-8-19-20(9-16)29-12-28-19/h3-9,17,21H,10-12H2,1-2H3,(H,23,24)(H,26,27)/p-1/t17-,21+/m1/s1. The first-order valence-corrected chi connectivity index (χ1v) is 10.5. The zero-order valence-corrected chi connectivity index (χ0v) is 17.5. The number of carboxylic acid groups (broad SMARTS) is 1. The van der Waals surface area contributed by atoms with Crippen LogP contribution in [0, 0.1) is 6.92 Å². The van der Waals surface area contributed by atoms with E-state index < -0.39 is 17.9 Å². The Morgan fingerprint density at radius 2 is 1.80 bits per heavy atom. The van der Waals surface area contributed by atoms with Crippen LogP contribution in [-0.2, 0) is 9.59 Å². The van der Waals surface area contributed by atoms with E-state index in [1.807, 2.05) is 25.1 Å². The number of rotatable bonds is 9. The summed E-state index contributed by atoms with van der Waals surface area (Å²) < 4.78 is 10.8. The highest BCUT2D eigenvalue weighted by atomic mass is 32.2. The van der Waals surface area contributed by atoms with E-state index in [1.165, 1.54) is 18.7 Å². The Balaban J connectivity index is 1.80. The van der Waals surface area contributed by atoms with Crippen LogP contribution in [0.25, 0.3) is 0 Å². The molecule has 7 nitrogen and oxygen atoms in total. The number of thioether (sulfide) groups is 1. The molecule has 0 aromatic heterocycles. The van der Waals surface area contributed by atoms with Crippen LogP contribution in [0.5, 0.6) is 11.5 Å². The molecule has 0 bridgehead atoms. The van der Waals surface area contributed by atoms with Crippen molar-refractivity contribution in [3.8, 4) is 11.5 Å². The lowest BCUT2D eigenvalue weighted by Crippen LogP contribution is -2.48. The van der Waals surface area contributed by atoms with Crippen molar-refractivity contribution in [3.63, 3.8) is 0 Å². The van der Waals surface area contributed by atoms with Crippen LogP contribution < -0.4 is 19.9 Å². The summed E-state index contributed by atoms with van der Waals surface area (Å²) in [5.74, 6) is -0.623. The minimum absolute atomic E-state index is 0.0577. The summed E-state index contributed by atoms with van der Waals surface area (Å²) in [7, 11) is 0. The summed E-state index contributed by atoms with van der Waals surface area (Å²) in [5.41, 5.74) is 2.45. The van der Waals surface area contributed by atoms with Crippen molar-refractivity contribution in [2.75, 3.05) is 12.5 Å². The highest BCUT2D eigenvalue weighted by Crippen LogP contribution is 2.40. The van der Waals surface area contributed by atoms with Crippen LogP contribution in [0.1, 0.15) is 40.1 Å². The van der Waals surface area contributed by atoms with Crippen LogP contribution in [-0.4, -0.2) is 36.2 Å². The highest BCUT2D eigenvalue weighted by molar-refractivity contribution is 7.99. The first-order chi connectivity index (χ1) is 14.3. The molecule has 8 heteroatoms. The third kappa shape index (κ3) is 5.54. The lowest BCUT2D eigenvalue weighted by Gasteiger charge is -2.23. The van der Waals surface area contributed by atoms with Crippen molar-refractivity contribution in [2.24, 2.45) is 0 Å². The minimum atomic E-state index is -1.37. The Morgan fingerprint density at radius 3 is 2.47 bits per heavy atom. The van der Waals surface area contributed by atoms with E-state index in [2.05, 4.69) is 5.32 Å². The number of aliphatic carboxylic acids is 1. The van der Waals surface area contributed by atoms with E-state index in [0.717, 1.165) is 11.1 Å². The number of hydrogen-bond donors (Lipinski definition) is 1. The maximum atomic E-state index is 12.9. The maximum Gasteiger partial charge on any atom is 0.231 e. The van der Waals surface area contributed by atoms with Gasteiger partial charge in [0.25, 0.3) is 0 Å². The summed E-state index contributed by atoms with van der Waals surface area (Å²) in [4.78, 5) is 35.5. The largest absolute Gasteiger partial charge is 0.548 e. The van der Waals surface area contributed by atoms with Gasteiger partial charge in [0.05, 0.1) is 12.0 Å². The van der Waals surface area contributed by atoms with Crippen molar-refractivity contribution < 1.29 is 29.0 Å². The molecule has 2 atom stereocenters. The fourth-order valence-electron chi connectivity index (χ4n) is 3.04. The highest BCUT2D eigenvalue weighted by Gasteiger charge is 2.23. The third-order valence-corrected chi connectivity index (χ3v) is 6.01. The lowest BCUT2D eigenvalue weighted by atomic mass is 10.0. The van der Waals surface area contributed by atoms with Crippen LogP contribution in [0.2, 0.25) is 0 Å². The second-order valence-electron chi connectivity index (χ2n) is 7.00. The Morgan fingerprint density at radius 1 is 1.10 bits per heavy atom. The number of aryl methyl sites for hydroxylation is 1. The molecule has 0 saturated heterocycles. The minimum Gasteiger partial charge on any atom is -0.548 e. The van der Waals surface area contributed by atoms with Gasteiger partial charge in [-0.15, -0.1) is 0 Å². The van der Waals surface area contributed by atoms with E-state index >= 15 is 0 Å². The second kappa shape index (κ2) is 9.67. The molecule has 1 heterocycles. The molecule has 0 radical (unpaired) electrons. The van der Waals surface area contributed by atoms with Gasteiger partial charge in [-0.2, -0.15) is 11.8 Å². The van der Waals surface area contributed by atoms with Gasteiger partial charge in [-0.3, -0.25) is 9.59 Å². The molecular formula is C22H22NO6S-. The molecule has 1 aliphatic heterocycles. The quantitative estimate of drug-likeness (QED) is 0.609. The number of hydrogen-bond acceptors (Lipinski definition) is 7. The van der Waals surface area contributed by atoms with Crippen molar-refractivity contribution in [2.45, 2.75) is 31.6 Å². The zero-order valence-electron chi connectivity index (χ0n) is 16.7. The molecule has 1 aliphatic rings. The average molecular weight is 428 g/mol. The van der Waals surface area contributed by atoms with E-state index in [1.54, 1.807) is 24.3 Å². The average Bonchev–Trinajstić information content (AvgIpc) is 3.17. The molecule has 30 heavy (non-hydrogen) atoms. The number of nitrogens with one attached hydrogen (secondary N) is 1. The molecule has 0 aliphatic carbocycles. The number of fused-ring (bicyclic) bond motifs is 1. The monoisotopic (exact) mass is 428 g/mol. The number of amides is 1. The molecule has 1 amide bonds. The smallest absolute Gasteiger partial charge is 0.231 e. The van der Waals surface area contributed by atoms with Gasteiger partial charge in [0.15, 0.2) is 17.3 Å². The van der Waals surface area contributed by atoms with Gasteiger partial charge in [-0.05, 0) is 24.6 Å². The van der Waals surface area contributed by atoms with E-state index in [4.69, 9.17) is 9.47 Å². The van der Waals surface area contributed by atoms with E-state index in [0.29, 0.717) is 17.1 Å². The van der Waals surface area contributed by atoms with Crippen LogP contribution in [0.3, 0.4) is 0 Å². The second-order valence-corrected chi connectivity index (χ2v) is 8.24. The summed E-state index contributed by atoms with van der Waals surface area (Å²) in [6, 6.07) is 11.6. The normalized spacial score (nSPS) is 14.1. The first-order valence-electron chi connectivity index (χ1n) is 9.42. The number of benzene rings is 2. The fraction of sp³-hybridized carbons (Fsp3) is 0.318. The summed E-state index contributed by atoms with van der Waals surface area (Å²) in [6.07, 6.45) is 0.160. The Bertz CT molecular complexity index is 943. The summed E-state index contributed by atoms with van der Waals surface area (Å²) >= 11 is 1.27. The van der Waals surface area contributed by atoms with Gasteiger partial charge in [-0.25, -0.2) is 0 Å². The van der Waals surface area contributed by atoms with Gasteiger partial charge in [0.2, 0.25) is 12.7 Å². The first kappa shape index (κ1) is 21.7. The predicted octanol–water partition coefficient (Wildman–Crippen LogP) is 2.03. The molecule has 0 spiro atoms. The zero-order chi connectivity index (χ0) is 21.7. The molecule has 0 saturated carbocycles. The Kier molecular flexibility index (Phi) is 6.99. The van der Waals surface area contributed by atoms with Crippen LogP contribution >= 0.6 is 11.8 Å². The molecule has 2 aromatic rings. The lowest BCUT2D eigenvalue weighted by molar-refractivity contribution is -0.307. The Hall–Kier alpha value is -3.00. The summed E-state index contributed by atoms with van der Waals surface area (Å²) in [6.45, 7) is 3.33. The number of carbonyl (C=O) groups is 3. The molecule has 3 rings (SSSR count). The summed E-state index contributed by atoms with van der Waals surface area (Å²) in [5, 5.41) is 13.4. The molecule has 158 valence electrons. The molecule has 0 unspecified atom stereocenters. The SMILES string of the molecule is CC(=O)N[C@H](CS[C@@H](CC(=O)c1ccc(C)cc1)c1ccc2c(c1)OCO2)C(=O)[O-]. The third-order valence-electron chi connectivity index (χ3n) is 4.64. The molecule has 2 aromatic carbocycles. The number of carbonyl (C=O) groups excluding carboxylic acids is 3. The maximum absolute atomic E-state index is 12.9. The number of ether oxygens (including phenoxy) is 2.